The van der Waals surface area contributed by atoms with Gasteiger partial charge in [-0.2, -0.15) is 11.8 Å². The van der Waals surface area contributed by atoms with Crippen LogP contribution >= 0.6 is 11.8 Å². The smallest absolute Gasteiger partial charge is 0.317 e. The molecular weight excluding hydrogens is 258 g/mol. The number of hydrogen-bond donors (Lipinski definition) is 1. The molecule has 0 aromatic heterocycles. The quantitative estimate of drug-likeness (QED) is 0.843. The average molecular weight is 285 g/mol. The van der Waals surface area contributed by atoms with Crippen LogP contribution in [-0.4, -0.2) is 65.6 Å². The number of carbonyl (C=O) groups is 1. The van der Waals surface area contributed by atoms with Crippen LogP contribution in [0.1, 0.15) is 33.1 Å². The van der Waals surface area contributed by atoms with E-state index in [1.54, 1.807) is 0 Å². The minimum atomic E-state index is 0.151. The molecule has 2 saturated heterocycles. The summed E-state index contributed by atoms with van der Waals surface area (Å²) in [6, 6.07) is 0.864. The van der Waals surface area contributed by atoms with Crippen molar-refractivity contribution in [3.8, 4) is 0 Å². The number of hydrogen-bond acceptors (Lipinski definition) is 3. The van der Waals surface area contributed by atoms with Gasteiger partial charge >= 0.3 is 6.03 Å². The maximum absolute atomic E-state index is 12.4. The molecule has 2 fully saturated rings. The summed E-state index contributed by atoms with van der Waals surface area (Å²) in [6.07, 6.45) is 3.44. The van der Waals surface area contributed by atoms with Gasteiger partial charge in [0.15, 0.2) is 0 Å². The fraction of sp³-hybridized carbons (Fsp3) is 0.929. The van der Waals surface area contributed by atoms with Gasteiger partial charge in [0.05, 0.1) is 0 Å². The van der Waals surface area contributed by atoms with Crippen molar-refractivity contribution in [2.75, 3.05) is 37.7 Å². The second-order valence-electron chi connectivity index (χ2n) is 5.63. The third kappa shape index (κ3) is 4.28. The number of urea groups is 1. The zero-order chi connectivity index (χ0) is 13.7. The molecule has 0 aromatic carbocycles. The Hall–Kier alpha value is -0.420. The number of rotatable bonds is 2. The van der Waals surface area contributed by atoms with Crippen molar-refractivity contribution in [2.24, 2.45) is 0 Å². The first-order chi connectivity index (χ1) is 9.20. The van der Waals surface area contributed by atoms with Crippen LogP contribution in [0.5, 0.6) is 0 Å². The Morgan fingerprint density at radius 1 is 1.32 bits per heavy atom. The van der Waals surface area contributed by atoms with E-state index in [9.17, 15) is 4.79 Å². The van der Waals surface area contributed by atoms with Crippen molar-refractivity contribution in [3.05, 3.63) is 0 Å². The topological polar surface area (TPSA) is 35.6 Å². The molecule has 2 aliphatic rings. The Balaban J connectivity index is 1.85. The molecule has 0 aromatic rings. The van der Waals surface area contributed by atoms with Gasteiger partial charge in [-0.3, -0.25) is 0 Å². The maximum Gasteiger partial charge on any atom is 0.317 e. The summed E-state index contributed by atoms with van der Waals surface area (Å²) < 4.78 is 0. The van der Waals surface area contributed by atoms with Crippen molar-refractivity contribution in [2.45, 2.75) is 45.2 Å². The number of likely N-dealkylation sites (N-methyl/N-ethyl adjacent to an activating group) is 1. The average Bonchev–Trinajstić information content (AvgIpc) is 2.63. The molecule has 0 unspecified atom stereocenters. The van der Waals surface area contributed by atoms with Crippen LogP contribution in [0.2, 0.25) is 0 Å². The number of nitrogens with zero attached hydrogens (tertiary/aromatic N) is 2. The van der Waals surface area contributed by atoms with Gasteiger partial charge in [-0.25, -0.2) is 4.79 Å². The number of thioether (sulfide) groups is 1. The molecule has 0 spiro atoms. The van der Waals surface area contributed by atoms with E-state index in [0.29, 0.717) is 12.1 Å². The summed E-state index contributed by atoms with van der Waals surface area (Å²) >= 11 is 1.96. The van der Waals surface area contributed by atoms with Crippen LogP contribution in [0.3, 0.4) is 0 Å². The van der Waals surface area contributed by atoms with E-state index >= 15 is 0 Å². The Bertz CT molecular complexity index is 300. The van der Waals surface area contributed by atoms with E-state index < -0.39 is 0 Å². The van der Waals surface area contributed by atoms with Crippen molar-refractivity contribution in [3.63, 3.8) is 0 Å². The van der Waals surface area contributed by atoms with Gasteiger partial charge in [-0.15, -0.1) is 0 Å². The van der Waals surface area contributed by atoms with Crippen LogP contribution in [0.4, 0.5) is 4.79 Å². The maximum atomic E-state index is 12.4. The molecule has 1 N–H and O–H groups in total. The lowest BCUT2D eigenvalue weighted by Gasteiger charge is -2.35. The molecule has 4 nitrogen and oxygen atoms in total. The van der Waals surface area contributed by atoms with E-state index in [4.69, 9.17) is 0 Å². The lowest BCUT2D eigenvalue weighted by Crippen LogP contribution is -2.53. The summed E-state index contributed by atoms with van der Waals surface area (Å²) in [5, 5.41) is 3.25. The number of likely N-dealkylation sites (tertiary alicyclic amines) is 1. The van der Waals surface area contributed by atoms with Gasteiger partial charge in [-0.05, 0) is 45.0 Å². The highest BCUT2D eigenvalue weighted by Gasteiger charge is 2.26. The first kappa shape index (κ1) is 15.0. The minimum absolute atomic E-state index is 0.151. The second kappa shape index (κ2) is 7.39. The molecule has 2 aliphatic heterocycles. The predicted molar refractivity (Wildman–Crippen MR) is 81.8 cm³/mol. The number of amides is 2. The second-order valence-corrected chi connectivity index (χ2v) is 6.85. The van der Waals surface area contributed by atoms with Crippen LogP contribution in [-0.2, 0) is 0 Å². The molecule has 2 amide bonds. The van der Waals surface area contributed by atoms with E-state index in [1.807, 2.05) is 16.7 Å². The van der Waals surface area contributed by atoms with Crippen LogP contribution in [0.25, 0.3) is 0 Å². The molecule has 0 aliphatic carbocycles. The van der Waals surface area contributed by atoms with Gasteiger partial charge in [0.25, 0.3) is 0 Å². The van der Waals surface area contributed by atoms with Gasteiger partial charge in [-0.1, -0.05) is 6.92 Å². The third-order valence-corrected chi connectivity index (χ3v) is 5.23. The molecule has 2 rings (SSSR count). The minimum Gasteiger partial charge on any atom is -0.334 e. The Kier molecular flexibility index (Phi) is 5.82. The van der Waals surface area contributed by atoms with Gasteiger partial charge in [0.2, 0.25) is 0 Å². The zero-order valence-corrected chi connectivity index (χ0v) is 13.0. The molecule has 2 heterocycles. The Morgan fingerprint density at radius 3 is 2.95 bits per heavy atom. The van der Waals surface area contributed by atoms with Crippen molar-refractivity contribution in [1.82, 2.24) is 15.1 Å². The summed E-state index contributed by atoms with van der Waals surface area (Å²) in [7, 11) is 0. The molecular formula is C14H27N3OS. The number of nitrogens with one attached hydrogen (secondary N) is 1. The lowest BCUT2D eigenvalue weighted by molar-refractivity contribution is 0.160. The zero-order valence-electron chi connectivity index (χ0n) is 12.2. The summed E-state index contributed by atoms with van der Waals surface area (Å²) in [5.41, 5.74) is 0. The third-order valence-electron chi connectivity index (χ3n) is 4.23. The molecule has 0 bridgehead atoms. The van der Waals surface area contributed by atoms with Crippen LogP contribution in [0.15, 0.2) is 0 Å². The largest absolute Gasteiger partial charge is 0.334 e. The fourth-order valence-electron chi connectivity index (χ4n) is 2.91. The van der Waals surface area contributed by atoms with E-state index in [2.05, 4.69) is 24.1 Å². The molecule has 5 heteroatoms. The molecule has 19 heavy (non-hydrogen) atoms. The van der Waals surface area contributed by atoms with Gasteiger partial charge < -0.3 is 15.1 Å². The van der Waals surface area contributed by atoms with Crippen LogP contribution < -0.4 is 5.32 Å². The summed E-state index contributed by atoms with van der Waals surface area (Å²) in [6.45, 7) is 8.53. The summed E-state index contributed by atoms with van der Waals surface area (Å²) in [5.74, 6) is 2.25. The number of carbonyl (C=O) groups excluding carboxylic acids is 1. The highest BCUT2D eigenvalue weighted by atomic mass is 32.2. The molecule has 2 atom stereocenters. The van der Waals surface area contributed by atoms with Crippen molar-refractivity contribution < 1.29 is 4.79 Å². The molecule has 110 valence electrons. The molecule has 0 saturated carbocycles. The Morgan fingerprint density at radius 2 is 2.16 bits per heavy atom. The SMILES string of the molecule is CCN1CCC[C@H](NC(=O)N2CCSCC[C@@H]2C)C1. The predicted octanol–water partition coefficient (Wildman–Crippen LogP) is 2.01. The number of piperidine rings is 1. The van der Waals surface area contributed by atoms with E-state index in [-0.39, 0.29) is 6.03 Å². The Labute approximate surface area is 121 Å². The standard InChI is InChI=1S/C14H27N3OS/c1-3-16-7-4-5-13(11-16)15-14(18)17-8-10-19-9-6-12(17)2/h12-13H,3-11H2,1-2H3,(H,15,18)/t12-,13-/m0/s1. The van der Waals surface area contributed by atoms with E-state index in [1.165, 1.54) is 18.7 Å². The van der Waals surface area contributed by atoms with Crippen molar-refractivity contribution >= 4 is 17.8 Å². The highest BCUT2D eigenvalue weighted by Crippen LogP contribution is 2.17. The van der Waals surface area contributed by atoms with Gasteiger partial charge in [0, 0.05) is 30.9 Å². The van der Waals surface area contributed by atoms with Crippen molar-refractivity contribution in [1.29, 1.82) is 0 Å². The molecule has 0 radical (unpaired) electrons. The van der Waals surface area contributed by atoms with Gasteiger partial charge in [0.1, 0.15) is 0 Å². The normalized spacial score (nSPS) is 29.9. The van der Waals surface area contributed by atoms with E-state index in [0.717, 1.165) is 38.2 Å². The first-order valence-electron chi connectivity index (χ1n) is 7.58. The monoisotopic (exact) mass is 285 g/mol. The first-order valence-corrected chi connectivity index (χ1v) is 8.73. The highest BCUT2D eigenvalue weighted by molar-refractivity contribution is 7.99. The summed E-state index contributed by atoms with van der Waals surface area (Å²) in [4.78, 5) is 16.9. The van der Waals surface area contributed by atoms with Crippen LogP contribution in [0, 0.1) is 0 Å². The fourth-order valence-corrected chi connectivity index (χ4v) is 3.95. The lowest BCUT2D eigenvalue weighted by atomic mass is 10.1.